The Labute approximate surface area is 223 Å². The number of aromatic nitrogens is 3. The Kier molecular flexibility index (Phi) is 6.92. The van der Waals surface area contributed by atoms with E-state index in [1.165, 1.54) is 18.2 Å². The van der Waals surface area contributed by atoms with Crippen molar-refractivity contribution in [3.8, 4) is 22.4 Å². The van der Waals surface area contributed by atoms with Crippen molar-refractivity contribution in [1.82, 2.24) is 14.1 Å². The highest BCUT2D eigenvalue weighted by molar-refractivity contribution is 6.35. The van der Waals surface area contributed by atoms with Gasteiger partial charge in [0.2, 0.25) is 5.91 Å². The summed E-state index contributed by atoms with van der Waals surface area (Å²) in [5.41, 5.74) is 3.32. The fraction of sp³-hybridized carbons (Fsp3) is 0.250. The number of carbonyl (C=O) groups is 1. The number of aryl methyl sites for hydroxylation is 1. The first-order valence-electron chi connectivity index (χ1n) is 12.0. The third kappa shape index (κ3) is 4.81. The Balaban J connectivity index is 1.61. The molecule has 0 saturated heterocycles. The second-order valence-electron chi connectivity index (χ2n) is 9.37. The summed E-state index contributed by atoms with van der Waals surface area (Å²) in [7, 11) is 1.92. The van der Waals surface area contributed by atoms with Crippen molar-refractivity contribution < 1.29 is 9.18 Å². The third-order valence-electron chi connectivity index (χ3n) is 6.91. The minimum atomic E-state index is -0.669. The molecule has 0 fully saturated rings. The molecule has 6 nitrogen and oxygen atoms in total. The number of nitrogens with one attached hydrogen (secondary N) is 1. The Morgan fingerprint density at radius 3 is 2.57 bits per heavy atom. The molecule has 5 rings (SSSR count). The molecule has 0 radical (unpaired) electrons. The van der Waals surface area contributed by atoms with Crippen molar-refractivity contribution in [2.75, 3.05) is 5.32 Å². The minimum absolute atomic E-state index is 0.0409. The fourth-order valence-corrected chi connectivity index (χ4v) is 5.31. The van der Waals surface area contributed by atoms with Crippen LogP contribution in [-0.2, 0) is 11.8 Å². The SMILES string of the molecule is C[C@@H]1CCC[C@H](n2ccc(-c3c(Cl)ccc(Cl)c3F)cc2=O)c2cc(ccn2)-c2c(ccn2C)NC1=O. The summed E-state index contributed by atoms with van der Waals surface area (Å²) in [4.78, 5) is 30.9. The van der Waals surface area contributed by atoms with Crippen LogP contribution in [0.1, 0.15) is 37.9 Å². The Hall–Kier alpha value is -3.42. The number of carbonyl (C=O) groups excluding carboxylic acids is 1. The van der Waals surface area contributed by atoms with Gasteiger partial charge in [-0.05, 0) is 54.8 Å². The molecule has 1 aromatic carbocycles. The summed E-state index contributed by atoms with van der Waals surface area (Å²) in [5.74, 6) is -0.912. The lowest BCUT2D eigenvalue weighted by molar-refractivity contribution is -0.119. The second kappa shape index (κ2) is 10.1. The number of hydrogen-bond acceptors (Lipinski definition) is 3. The number of benzene rings is 1. The maximum absolute atomic E-state index is 14.8. The van der Waals surface area contributed by atoms with E-state index in [4.69, 9.17) is 23.2 Å². The van der Waals surface area contributed by atoms with Gasteiger partial charge in [-0.3, -0.25) is 14.6 Å². The normalized spacial score (nSPS) is 17.9. The van der Waals surface area contributed by atoms with Crippen LogP contribution in [0.25, 0.3) is 22.4 Å². The zero-order valence-electron chi connectivity index (χ0n) is 20.3. The van der Waals surface area contributed by atoms with Gasteiger partial charge in [0.25, 0.3) is 5.56 Å². The molecule has 1 N–H and O–H groups in total. The molecule has 2 bridgehead atoms. The van der Waals surface area contributed by atoms with Crippen molar-refractivity contribution >= 4 is 34.8 Å². The number of rotatable bonds is 2. The highest BCUT2D eigenvalue weighted by Crippen LogP contribution is 2.35. The Morgan fingerprint density at radius 2 is 1.78 bits per heavy atom. The predicted molar refractivity (Wildman–Crippen MR) is 145 cm³/mol. The smallest absolute Gasteiger partial charge is 0.251 e. The van der Waals surface area contributed by atoms with Crippen LogP contribution in [0.15, 0.2) is 65.8 Å². The Morgan fingerprint density at radius 1 is 1.00 bits per heavy atom. The van der Waals surface area contributed by atoms with Gasteiger partial charge in [-0.1, -0.05) is 36.5 Å². The molecule has 0 aliphatic carbocycles. The van der Waals surface area contributed by atoms with Gasteiger partial charge >= 0.3 is 0 Å². The highest BCUT2D eigenvalue weighted by Gasteiger charge is 2.23. The van der Waals surface area contributed by atoms with E-state index in [0.717, 1.165) is 22.6 Å². The molecule has 0 spiro atoms. The number of halogens is 3. The van der Waals surface area contributed by atoms with E-state index in [1.807, 2.05) is 42.9 Å². The monoisotopic (exact) mass is 538 g/mol. The molecule has 4 aromatic rings. The van der Waals surface area contributed by atoms with Crippen molar-refractivity contribution in [3.05, 3.63) is 93.0 Å². The van der Waals surface area contributed by atoms with E-state index in [-0.39, 0.29) is 39.0 Å². The molecule has 1 aliphatic rings. The molecule has 3 aromatic heterocycles. The molecule has 0 saturated carbocycles. The van der Waals surface area contributed by atoms with Gasteiger partial charge in [0.15, 0.2) is 5.82 Å². The summed E-state index contributed by atoms with van der Waals surface area (Å²) in [6.45, 7) is 1.90. The molecule has 37 heavy (non-hydrogen) atoms. The van der Waals surface area contributed by atoms with Crippen molar-refractivity contribution in [3.63, 3.8) is 0 Å². The van der Waals surface area contributed by atoms with Gasteiger partial charge < -0.3 is 14.5 Å². The quantitative estimate of drug-likeness (QED) is 0.288. The van der Waals surface area contributed by atoms with Crippen LogP contribution in [-0.4, -0.2) is 20.0 Å². The lowest BCUT2D eigenvalue weighted by Gasteiger charge is -2.23. The molecule has 1 amide bonds. The van der Waals surface area contributed by atoms with E-state index in [1.54, 1.807) is 23.0 Å². The van der Waals surface area contributed by atoms with E-state index in [2.05, 4.69) is 10.3 Å². The van der Waals surface area contributed by atoms with Crippen molar-refractivity contribution in [2.45, 2.75) is 32.2 Å². The number of nitrogens with zero attached hydrogens (tertiary/aromatic N) is 3. The molecule has 9 heteroatoms. The molecular formula is C28H25Cl2FN4O2. The topological polar surface area (TPSA) is 68.9 Å². The van der Waals surface area contributed by atoms with Gasteiger partial charge in [0.1, 0.15) is 0 Å². The number of amides is 1. The Bertz CT molecular complexity index is 1560. The number of fused-ring (bicyclic) bond motifs is 4. The largest absolute Gasteiger partial charge is 0.349 e. The van der Waals surface area contributed by atoms with E-state index < -0.39 is 5.82 Å². The summed E-state index contributed by atoms with van der Waals surface area (Å²) < 4.78 is 18.3. The average molecular weight is 539 g/mol. The van der Waals surface area contributed by atoms with Crippen LogP contribution in [0.2, 0.25) is 10.0 Å². The molecular weight excluding hydrogens is 514 g/mol. The minimum Gasteiger partial charge on any atom is -0.349 e. The molecule has 1 aliphatic heterocycles. The van der Waals surface area contributed by atoms with Crippen LogP contribution in [0.4, 0.5) is 10.1 Å². The second-order valence-corrected chi connectivity index (χ2v) is 10.2. The van der Waals surface area contributed by atoms with Crippen molar-refractivity contribution in [1.29, 1.82) is 0 Å². The fourth-order valence-electron chi connectivity index (χ4n) is 4.90. The van der Waals surface area contributed by atoms with Crippen LogP contribution in [0.3, 0.4) is 0 Å². The molecule has 4 heterocycles. The van der Waals surface area contributed by atoms with Crippen LogP contribution in [0, 0.1) is 11.7 Å². The average Bonchev–Trinajstić information content (AvgIpc) is 3.24. The summed E-state index contributed by atoms with van der Waals surface area (Å²) >= 11 is 12.2. The van der Waals surface area contributed by atoms with Crippen LogP contribution in [0.5, 0.6) is 0 Å². The highest BCUT2D eigenvalue weighted by atomic mass is 35.5. The van der Waals surface area contributed by atoms with Gasteiger partial charge in [-0.25, -0.2) is 4.39 Å². The molecule has 2 atom stereocenters. The predicted octanol–water partition coefficient (Wildman–Crippen LogP) is 6.71. The summed E-state index contributed by atoms with van der Waals surface area (Å²) in [6.07, 6.45) is 7.21. The van der Waals surface area contributed by atoms with Crippen molar-refractivity contribution in [2.24, 2.45) is 13.0 Å². The lowest BCUT2D eigenvalue weighted by atomic mass is 9.96. The van der Waals surface area contributed by atoms with E-state index in [9.17, 15) is 14.0 Å². The number of anilines is 1. The number of hydrogen-bond donors (Lipinski definition) is 1. The van der Waals surface area contributed by atoms with Crippen LogP contribution < -0.4 is 10.9 Å². The van der Waals surface area contributed by atoms with Gasteiger partial charge in [0.05, 0.1) is 33.2 Å². The van der Waals surface area contributed by atoms with Crippen LogP contribution >= 0.6 is 23.2 Å². The van der Waals surface area contributed by atoms with E-state index >= 15 is 0 Å². The lowest BCUT2D eigenvalue weighted by Crippen LogP contribution is -2.26. The summed E-state index contributed by atoms with van der Waals surface area (Å²) in [6, 6.07) is 11.3. The van der Waals surface area contributed by atoms with Gasteiger partial charge in [-0.15, -0.1) is 0 Å². The third-order valence-corrected chi connectivity index (χ3v) is 7.51. The van der Waals surface area contributed by atoms with Gasteiger partial charge in [0, 0.05) is 48.7 Å². The first kappa shape index (κ1) is 25.2. The maximum Gasteiger partial charge on any atom is 0.251 e. The molecule has 190 valence electrons. The summed E-state index contributed by atoms with van der Waals surface area (Å²) in [5, 5.41) is 3.16. The molecule has 0 unspecified atom stereocenters. The zero-order valence-corrected chi connectivity index (χ0v) is 21.9. The van der Waals surface area contributed by atoms with E-state index in [0.29, 0.717) is 24.8 Å². The first-order valence-corrected chi connectivity index (χ1v) is 12.8. The maximum atomic E-state index is 14.8. The zero-order chi connectivity index (χ0) is 26.3. The van der Waals surface area contributed by atoms with Gasteiger partial charge in [-0.2, -0.15) is 0 Å². The number of pyridine rings is 2. The first-order chi connectivity index (χ1) is 17.7. The standard InChI is InChI=1S/C28H25Cl2FN4O2/c1-16-4-3-5-23(22-14-18(8-11-32-22)27-21(33-28(16)37)10-12-34(27)2)35-13-9-17(15-24(35)36)25-19(29)6-7-20(30)26(25)31/h6-16,23H,3-5H2,1-2H3,(H,33,37)/t16-,23+/m1/s1.